The van der Waals surface area contributed by atoms with E-state index in [1.807, 2.05) is 12.2 Å². The first-order valence-corrected chi connectivity index (χ1v) is 31.8. The maximum atomic E-state index is 13.3. The van der Waals surface area contributed by atoms with Gasteiger partial charge in [0.25, 0.3) is 0 Å². The highest BCUT2D eigenvalue weighted by Gasteiger charge is 2.51. The van der Waals surface area contributed by atoms with Crippen molar-refractivity contribution < 1.29 is 64.6 Å². The van der Waals surface area contributed by atoms with Crippen LogP contribution in [0.4, 0.5) is 0 Å². The number of hydrogen-bond donors (Lipinski definition) is 9. The van der Waals surface area contributed by atoms with E-state index in [1.165, 1.54) is 89.9 Å². The monoisotopic (exact) mass is 1150 g/mol. The molecule has 2 fully saturated rings. The van der Waals surface area contributed by atoms with Crippen LogP contribution in [0.3, 0.4) is 0 Å². The summed E-state index contributed by atoms with van der Waals surface area (Å²) in [4.78, 5) is 13.3. The molecule has 2 saturated heterocycles. The number of unbranched alkanes of at least 4 members (excludes halogenated alkanes) is 18. The third kappa shape index (κ3) is 36.3. The van der Waals surface area contributed by atoms with Crippen LogP contribution in [0.25, 0.3) is 0 Å². The van der Waals surface area contributed by atoms with Crippen molar-refractivity contribution in [1.82, 2.24) is 5.32 Å². The molecule has 1 amide bonds. The highest BCUT2D eigenvalue weighted by Crippen LogP contribution is 2.30. The molecule has 12 atom stereocenters. The normalized spacial score (nSPS) is 24.8. The topological polar surface area (TPSA) is 228 Å². The van der Waals surface area contributed by atoms with Crippen molar-refractivity contribution in [2.75, 3.05) is 19.8 Å². The zero-order valence-corrected chi connectivity index (χ0v) is 50.4. The first-order valence-electron chi connectivity index (χ1n) is 31.8. The Kier molecular flexibility index (Phi) is 47.0. The maximum Gasteiger partial charge on any atom is 0.220 e. The first kappa shape index (κ1) is 74.5. The van der Waals surface area contributed by atoms with Gasteiger partial charge in [0.15, 0.2) is 12.6 Å². The van der Waals surface area contributed by atoms with Crippen LogP contribution in [0.2, 0.25) is 0 Å². The van der Waals surface area contributed by atoms with Gasteiger partial charge in [-0.1, -0.05) is 238 Å². The van der Waals surface area contributed by atoms with E-state index in [4.69, 9.17) is 18.9 Å². The highest BCUT2D eigenvalue weighted by atomic mass is 16.7. The lowest BCUT2D eigenvalue weighted by atomic mass is 9.97. The van der Waals surface area contributed by atoms with E-state index in [9.17, 15) is 45.6 Å². The predicted molar refractivity (Wildman–Crippen MR) is 332 cm³/mol. The molecule has 14 heteroatoms. The lowest BCUT2D eigenvalue weighted by molar-refractivity contribution is -0.359. The Bertz CT molecular complexity index is 1840. The van der Waals surface area contributed by atoms with Gasteiger partial charge in [0.05, 0.1) is 32.0 Å². The summed E-state index contributed by atoms with van der Waals surface area (Å²) in [5, 5.41) is 87.2. The van der Waals surface area contributed by atoms with Crippen molar-refractivity contribution in [2.45, 2.75) is 280 Å². The molecule has 0 bridgehead atoms. The van der Waals surface area contributed by atoms with E-state index < -0.39 is 86.8 Å². The van der Waals surface area contributed by atoms with E-state index in [2.05, 4.69) is 122 Å². The van der Waals surface area contributed by atoms with Crippen molar-refractivity contribution in [3.05, 3.63) is 122 Å². The molecule has 0 aromatic heterocycles. The minimum atomic E-state index is -1.80. The Morgan fingerprint density at radius 2 is 0.841 bits per heavy atom. The fourth-order valence-corrected chi connectivity index (χ4v) is 9.59. The molecule has 0 aromatic carbocycles. The molecule has 0 aromatic rings. The van der Waals surface area contributed by atoms with Gasteiger partial charge in [-0.25, -0.2) is 0 Å². The van der Waals surface area contributed by atoms with Gasteiger partial charge in [-0.15, -0.1) is 0 Å². The van der Waals surface area contributed by atoms with Crippen LogP contribution in [0.1, 0.15) is 206 Å². The third-order valence-electron chi connectivity index (χ3n) is 14.7. The summed E-state index contributed by atoms with van der Waals surface area (Å²) in [5.74, 6) is -0.301. The summed E-state index contributed by atoms with van der Waals surface area (Å²) < 4.78 is 22.8. The van der Waals surface area contributed by atoms with Gasteiger partial charge in [0.2, 0.25) is 5.91 Å². The number of carbonyl (C=O) groups is 1. The van der Waals surface area contributed by atoms with E-state index in [0.717, 1.165) is 83.5 Å². The van der Waals surface area contributed by atoms with Gasteiger partial charge in [0.1, 0.15) is 48.8 Å². The maximum absolute atomic E-state index is 13.3. The molecular weight excluding hydrogens is 1040 g/mol. The zero-order valence-electron chi connectivity index (χ0n) is 50.4. The number of rotatable bonds is 49. The standard InChI is InChI=1S/C68H113NO13/c1-3-5-7-9-11-13-15-17-19-21-23-24-25-26-27-28-29-30-31-32-34-36-38-40-42-44-46-48-50-52-60(73)69-56(57(72)51-49-47-45-43-41-39-37-35-33-22-20-18-16-14-12-10-8-6-4-2)55-79-67-65(78)63(76)66(59(54-71)81-67)82-68-64(77)62(75)61(74)58(53-70)80-68/h5,7,11,13,17,19,23-24,26-27,29-30,32,34,38,40,44,46,49,51,56-59,61-68,70-72,74-78H,3-4,6,8-10,12,14-16,18,20-22,25,28,31,33,35-37,39,41-43,45,47-48,50,52-55H2,1-2H3,(H,69,73)/b7-5-,13-11-,19-17-,24-23-,27-26-,30-29-,34-32-,40-38-,46-44-,51-49+. The van der Waals surface area contributed by atoms with Crippen LogP contribution >= 0.6 is 0 Å². The molecule has 14 nitrogen and oxygen atoms in total. The Balaban J connectivity index is 1.78. The molecule has 2 heterocycles. The molecule has 82 heavy (non-hydrogen) atoms. The summed E-state index contributed by atoms with van der Waals surface area (Å²) in [5.41, 5.74) is 0. The van der Waals surface area contributed by atoms with Crippen molar-refractivity contribution >= 4 is 5.91 Å². The summed E-state index contributed by atoms with van der Waals surface area (Å²) in [7, 11) is 0. The average Bonchev–Trinajstić information content (AvgIpc) is 3.65. The van der Waals surface area contributed by atoms with Gasteiger partial charge in [-0.3, -0.25) is 4.79 Å². The average molecular weight is 1150 g/mol. The zero-order chi connectivity index (χ0) is 59.5. The molecule has 0 aliphatic carbocycles. The summed E-state index contributed by atoms with van der Waals surface area (Å²) in [6.07, 6.45) is 58.1. The molecule has 2 aliphatic rings. The molecule has 0 spiro atoms. The van der Waals surface area contributed by atoms with Crippen molar-refractivity contribution in [1.29, 1.82) is 0 Å². The summed E-state index contributed by atoms with van der Waals surface area (Å²) in [6.45, 7) is 2.64. The van der Waals surface area contributed by atoms with Gasteiger partial charge < -0.3 is 65.1 Å². The number of amides is 1. The van der Waals surface area contributed by atoms with Crippen LogP contribution in [0, 0.1) is 0 Å². The number of carbonyl (C=O) groups excluding carboxylic acids is 1. The van der Waals surface area contributed by atoms with E-state index >= 15 is 0 Å². The highest BCUT2D eigenvalue weighted by molar-refractivity contribution is 5.76. The third-order valence-corrected chi connectivity index (χ3v) is 14.7. The van der Waals surface area contributed by atoms with Crippen molar-refractivity contribution in [3.8, 4) is 0 Å². The molecule has 0 radical (unpaired) electrons. The molecule has 12 unspecified atom stereocenters. The Labute approximate surface area is 495 Å². The Hall–Kier alpha value is -3.61. The number of aliphatic hydroxyl groups excluding tert-OH is 8. The van der Waals surface area contributed by atoms with Gasteiger partial charge in [0, 0.05) is 6.42 Å². The number of hydrogen-bond acceptors (Lipinski definition) is 13. The van der Waals surface area contributed by atoms with Gasteiger partial charge in [-0.2, -0.15) is 0 Å². The molecule has 2 aliphatic heterocycles. The predicted octanol–water partition coefficient (Wildman–Crippen LogP) is 11.8. The van der Waals surface area contributed by atoms with E-state index in [1.54, 1.807) is 6.08 Å². The molecule has 9 N–H and O–H groups in total. The fourth-order valence-electron chi connectivity index (χ4n) is 9.59. The van der Waals surface area contributed by atoms with Crippen molar-refractivity contribution in [3.63, 3.8) is 0 Å². The van der Waals surface area contributed by atoms with E-state index in [-0.39, 0.29) is 18.9 Å². The summed E-state index contributed by atoms with van der Waals surface area (Å²) >= 11 is 0. The SMILES string of the molecule is CC/C=C\C/C=C\C/C=C\C/C=C\C/C=C\C/C=C\C/C=C\C/C=C\C/C=C\CCCC(=O)NC(COC1OC(CO)C(OC2OC(CO)C(O)C(O)C2O)C(O)C1O)C(O)/C=C/CCCCCCCCCCCCCCCCCCC. The van der Waals surface area contributed by atoms with Gasteiger partial charge >= 0.3 is 0 Å². The van der Waals surface area contributed by atoms with Crippen LogP contribution in [-0.2, 0) is 23.7 Å². The largest absolute Gasteiger partial charge is 0.394 e. The van der Waals surface area contributed by atoms with Crippen LogP contribution in [-0.4, -0.2) is 140 Å². The Morgan fingerprint density at radius 3 is 1.28 bits per heavy atom. The lowest BCUT2D eigenvalue weighted by Crippen LogP contribution is -2.65. The second kappa shape index (κ2) is 51.8. The number of allylic oxidation sites excluding steroid dienone is 19. The van der Waals surface area contributed by atoms with Crippen LogP contribution < -0.4 is 5.32 Å². The number of aliphatic hydroxyl groups is 8. The fraction of sp³-hybridized carbons (Fsp3) is 0.691. The summed E-state index contributed by atoms with van der Waals surface area (Å²) in [6, 6.07) is -0.955. The smallest absolute Gasteiger partial charge is 0.220 e. The number of ether oxygens (including phenoxy) is 4. The molecular formula is C68H113NO13. The molecule has 468 valence electrons. The second-order valence-electron chi connectivity index (χ2n) is 21.8. The molecule has 2 rings (SSSR count). The molecule has 0 saturated carbocycles. The quantitative estimate of drug-likeness (QED) is 0.0204. The van der Waals surface area contributed by atoms with Crippen LogP contribution in [0.5, 0.6) is 0 Å². The lowest BCUT2D eigenvalue weighted by Gasteiger charge is -2.46. The van der Waals surface area contributed by atoms with Crippen molar-refractivity contribution in [2.24, 2.45) is 0 Å². The second-order valence-corrected chi connectivity index (χ2v) is 21.8. The van der Waals surface area contributed by atoms with Crippen LogP contribution in [0.15, 0.2) is 122 Å². The Morgan fingerprint density at radius 1 is 0.451 bits per heavy atom. The minimum absolute atomic E-state index is 0.193. The van der Waals surface area contributed by atoms with Gasteiger partial charge in [-0.05, 0) is 83.5 Å². The first-order chi connectivity index (χ1) is 40.1. The van der Waals surface area contributed by atoms with E-state index in [0.29, 0.717) is 12.8 Å². The minimum Gasteiger partial charge on any atom is -0.394 e. The number of nitrogens with one attached hydrogen (secondary N) is 1.